The van der Waals surface area contributed by atoms with Gasteiger partial charge in [-0.15, -0.1) is 0 Å². The topological polar surface area (TPSA) is 192 Å². The van der Waals surface area contributed by atoms with Gasteiger partial charge in [0.2, 0.25) is 0 Å². The second kappa shape index (κ2) is 45.2. The summed E-state index contributed by atoms with van der Waals surface area (Å²) in [5.41, 5.74) is 0. The van der Waals surface area contributed by atoms with E-state index in [4.69, 9.17) is 18.5 Å². The van der Waals surface area contributed by atoms with E-state index in [0.717, 1.165) is 64.2 Å². The maximum atomic E-state index is 12.9. The van der Waals surface area contributed by atoms with Gasteiger partial charge in [-0.05, 0) is 77.0 Å². The fourth-order valence-corrected chi connectivity index (χ4v) is 9.27. The van der Waals surface area contributed by atoms with E-state index in [9.17, 15) is 39.8 Å². The Morgan fingerprint density at radius 2 is 0.824 bits per heavy atom. The minimum atomic E-state index is -5.03. The second-order valence-electron chi connectivity index (χ2n) is 19.1. The zero-order valence-corrected chi connectivity index (χ0v) is 43.8. The number of rotatable bonds is 47. The highest BCUT2D eigenvalue weighted by Crippen LogP contribution is 2.47. The SMILES string of the molecule is CCCCCCC/C=C\C/C=C\C/C=C\CCCCCCCCCCC(=O)OC(COCCCCCCCCCC/C=C\CCCCCCCC)COP(=O)(O)OC1C(O)C(O)C(O)C(O)C1O. The Morgan fingerprint density at radius 3 is 1.26 bits per heavy atom. The Kier molecular flexibility index (Phi) is 42.7. The van der Waals surface area contributed by atoms with Crippen LogP contribution in [0.5, 0.6) is 0 Å². The van der Waals surface area contributed by atoms with Crippen molar-refractivity contribution in [3.05, 3.63) is 48.6 Å². The first kappa shape index (κ1) is 64.3. The molecule has 1 fully saturated rings. The van der Waals surface area contributed by atoms with Crippen LogP contribution >= 0.6 is 7.82 Å². The first-order valence-corrected chi connectivity index (χ1v) is 29.0. The molecule has 0 aromatic heterocycles. The van der Waals surface area contributed by atoms with Crippen LogP contribution in [0.1, 0.15) is 232 Å². The van der Waals surface area contributed by atoms with Crippen LogP contribution in [-0.4, -0.2) is 98.9 Å². The summed E-state index contributed by atoms with van der Waals surface area (Å²) in [6.45, 7) is 4.26. The molecule has 12 nitrogen and oxygen atoms in total. The average molecular weight is 985 g/mol. The predicted octanol–water partition coefficient (Wildman–Crippen LogP) is 12.8. The van der Waals surface area contributed by atoms with E-state index in [1.165, 1.54) is 141 Å². The van der Waals surface area contributed by atoms with Crippen molar-refractivity contribution in [3.63, 3.8) is 0 Å². The first-order valence-electron chi connectivity index (χ1n) is 27.5. The fraction of sp³-hybridized carbons (Fsp3) is 0.836. The summed E-state index contributed by atoms with van der Waals surface area (Å²) >= 11 is 0. The van der Waals surface area contributed by atoms with Crippen molar-refractivity contribution in [2.24, 2.45) is 0 Å². The molecule has 6 N–H and O–H groups in total. The third-order valence-corrected chi connectivity index (χ3v) is 13.7. The molecule has 6 atom stereocenters. The van der Waals surface area contributed by atoms with E-state index in [0.29, 0.717) is 13.0 Å². The number of allylic oxidation sites excluding steroid dienone is 8. The summed E-state index contributed by atoms with van der Waals surface area (Å²) in [5.74, 6) is -0.484. The molecule has 0 saturated heterocycles. The third-order valence-electron chi connectivity index (χ3n) is 12.7. The van der Waals surface area contributed by atoms with E-state index in [2.05, 4.69) is 62.5 Å². The maximum Gasteiger partial charge on any atom is 0.472 e. The minimum absolute atomic E-state index is 0.0818. The standard InChI is InChI=1S/C55H101O12P/c1-3-5-7-9-11-13-15-17-19-21-23-24-25-26-27-28-30-32-34-36-38-40-42-44-49(56)66-48(47-65-68(62,63)67-55-53(60)51(58)50(57)52(59)54(55)61)46-64-45-43-41-39-37-35-33-31-29-22-20-18-16-14-12-10-8-6-4-2/h15,17-18,20-21,23,25-26,48,50-55,57-61H,3-14,16,19,22,24,27-47H2,1-2H3,(H,62,63)/b17-15-,20-18-,23-21-,26-25-. The lowest BCUT2D eigenvalue weighted by molar-refractivity contribution is -0.220. The lowest BCUT2D eigenvalue weighted by atomic mass is 9.85. The lowest BCUT2D eigenvalue weighted by Crippen LogP contribution is -2.64. The number of aliphatic hydroxyl groups excluding tert-OH is 5. The largest absolute Gasteiger partial charge is 0.472 e. The van der Waals surface area contributed by atoms with Gasteiger partial charge < -0.3 is 39.9 Å². The molecular formula is C55H101O12P. The molecule has 0 heterocycles. The van der Waals surface area contributed by atoms with Gasteiger partial charge in [0.25, 0.3) is 0 Å². The van der Waals surface area contributed by atoms with Crippen LogP contribution < -0.4 is 0 Å². The lowest BCUT2D eigenvalue weighted by Gasteiger charge is -2.41. The maximum absolute atomic E-state index is 12.9. The van der Waals surface area contributed by atoms with Crippen molar-refractivity contribution in [1.82, 2.24) is 0 Å². The Bertz CT molecular complexity index is 1310. The second-order valence-corrected chi connectivity index (χ2v) is 20.5. The monoisotopic (exact) mass is 985 g/mol. The van der Waals surface area contributed by atoms with E-state index in [1.54, 1.807) is 0 Å². The fourth-order valence-electron chi connectivity index (χ4n) is 8.30. The van der Waals surface area contributed by atoms with Gasteiger partial charge in [-0.25, -0.2) is 4.57 Å². The molecule has 68 heavy (non-hydrogen) atoms. The van der Waals surface area contributed by atoms with Crippen molar-refractivity contribution in [2.75, 3.05) is 19.8 Å². The van der Waals surface area contributed by atoms with Crippen molar-refractivity contribution in [2.45, 2.75) is 275 Å². The smallest absolute Gasteiger partial charge is 0.457 e. The molecule has 0 amide bonds. The molecule has 0 aromatic rings. The van der Waals surface area contributed by atoms with Gasteiger partial charge >= 0.3 is 13.8 Å². The van der Waals surface area contributed by atoms with Crippen molar-refractivity contribution >= 4 is 13.8 Å². The number of hydrogen-bond acceptors (Lipinski definition) is 11. The van der Waals surface area contributed by atoms with Gasteiger partial charge in [0.1, 0.15) is 42.7 Å². The molecular weight excluding hydrogens is 884 g/mol. The molecule has 0 spiro atoms. The van der Waals surface area contributed by atoms with Gasteiger partial charge in [0.05, 0.1) is 13.2 Å². The van der Waals surface area contributed by atoms with Gasteiger partial charge in [-0.1, -0.05) is 197 Å². The molecule has 1 saturated carbocycles. The highest BCUT2D eigenvalue weighted by molar-refractivity contribution is 7.47. The normalized spacial score (nSPS) is 21.5. The van der Waals surface area contributed by atoms with E-state index >= 15 is 0 Å². The summed E-state index contributed by atoms with van der Waals surface area (Å²) in [5, 5.41) is 50.4. The summed E-state index contributed by atoms with van der Waals surface area (Å²) in [6.07, 6.45) is 44.6. The Labute approximate surface area is 414 Å². The Hall–Kier alpha value is -1.70. The van der Waals surface area contributed by atoms with Crippen molar-refractivity contribution < 1.29 is 58.3 Å². The van der Waals surface area contributed by atoms with Crippen LogP contribution in [0.25, 0.3) is 0 Å². The third kappa shape index (κ3) is 36.3. The van der Waals surface area contributed by atoms with Gasteiger partial charge in [-0.3, -0.25) is 13.8 Å². The summed E-state index contributed by atoms with van der Waals surface area (Å²) in [6, 6.07) is 0. The molecule has 398 valence electrons. The molecule has 1 aliphatic rings. The number of phosphoric ester groups is 1. The number of unbranched alkanes of at least 4 members (excludes halogenated alkanes) is 27. The minimum Gasteiger partial charge on any atom is -0.457 e. The molecule has 0 aliphatic heterocycles. The number of carbonyl (C=O) groups is 1. The number of esters is 1. The molecule has 0 radical (unpaired) electrons. The van der Waals surface area contributed by atoms with Crippen LogP contribution in [-0.2, 0) is 27.9 Å². The zero-order valence-electron chi connectivity index (χ0n) is 42.9. The zero-order chi connectivity index (χ0) is 49.8. The molecule has 0 aromatic carbocycles. The van der Waals surface area contributed by atoms with E-state index in [1.807, 2.05) is 0 Å². The molecule has 0 bridgehead atoms. The van der Waals surface area contributed by atoms with Crippen molar-refractivity contribution in [1.29, 1.82) is 0 Å². The number of aliphatic hydroxyl groups is 5. The van der Waals surface area contributed by atoms with Crippen LogP contribution in [0.3, 0.4) is 0 Å². The highest BCUT2D eigenvalue weighted by atomic mass is 31.2. The summed E-state index contributed by atoms with van der Waals surface area (Å²) in [4.78, 5) is 23.3. The van der Waals surface area contributed by atoms with Crippen LogP contribution in [0, 0.1) is 0 Å². The van der Waals surface area contributed by atoms with Gasteiger partial charge in [0.15, 0.2) is 0 Å². The number of phosphoric acid groups is 1. The Balaban J connectivity index is 2.32. The molecule has 6 unspecified atom stereocenters. The highest BCUT2D eigenvalue weighted by Gasteiger charge is 2.51. The van der Waals surface area contributed by atoms with Gasteiger partial charge in [0, 0.05) is 13.0 Å². The van der Waals surface area contributed by atoms with E-state index < -0.39 is 63.1 Å². The van der Waals surface area contributed by atoms with E-state index in [-0.39, 0.29) is 13.0 Å². The quantitative estimate of drug-likeness (QED) is 0.0147. The first-order chi connectivity index (χ1) is 33.0. The molecule has 1 aliphatic carbocycles. The summed E-state index contributed by atoms with van der Waals surface area (Å²) in [7, 11) is -5.03. The number of hydrogen-bond donors (Lipinski definition) is 6. The van der Waals surface area contributed by atoms with Crippen LogP contribution in [0.15, 0.2) is 48.6 Å². The number of ether oxygens (including phenoxy) is 2. The van der Waals surface area contributed by atoms with Crippen molar-refractivity contribution in [3.8, 4) is 0 Å². The van der Waals surface area contributed by atoms with Crippen LogP contribution in [0.4, 0.5) is 0 Å². The average Bonchev–Trinajstić information content (AvgIpc) is 3.32. The van der Waals surface area contributed by atoms with Crippen LogP contribution in [0.2, 0.25) is 0 Å². The number of carbonyl (C=O) groups excluding carboxylic acids is 1. The summed E-state index contributed by atoms with van der Waals surface area (Å²) < 4.78 is 34.3. The predicted molar refractivity (Wildman–Crippen MR) is 276 cm³/mol. The molecule has 13 heteroatoms. The molecule has 1 rings (SSSR count). The van der Waals surface area contributed by atoms with Gasteiger partial charge in [-0.2, -0.15) is 0 Å². The Morgan fingerprint density at radius 1 is 0.471 bits per heavy atom.